The molecular weight excluding hydrogens is 240 g/mol. The van der Waals surface area contributed by atoms with Gasteiger partial charge in [-0.05, 0) is 36.0 Å². The molecule has 1 aromatic heterocycles. The molecule has 0 saturated carbocycles. The summed E-state index contributed by atoms with van der Waals surface area (Å²) in [5.74, 6) is 0.679. The molecule has 0 aliphatic carbocycles. The van der Waals surface area contributed by atoms with Crippen LogP contribution in [0.3, 0.4) is 0 Å². The summed E-state index contributed by atoms with van der Waals surface area (Å²) in [5.41, 5.74) is 2.74. The van der Waals surface area contributed by atoms with Crippen LogP contribution in [0.1, 0.15) is 28.9 Å². The smallest absolute Gasteiger partial charge is 0.0653 e. The highest BCUT2D eigenvalue weighted by atomic mass is 32.1. The van der Waals surface area contributed by atoms with Crippen LogP contribution in [0.2, 0.25) is 0 Å². The highest BCUT2D eigenvalue weighted by Gasteiger charge is 2.40. The van der Waals surface area contributed by atoms with Gasteiger partial charge in [0, 0.05) is 22.5 Å². The van der Waals surface area contributed by atoms with Gasteiger partial charge in [0.15, 0.2) is 0 Å². The van der Waals surface area contributed by atoms with E-state index in [4.69, 9.17) is 0 Å². The first-order valence-electron chi connectivity index (χ1n) is 6.56. The van der Waals surface area contributed by atoms with E-state index in [1.807, 2.05) is 11.3 Å². The Bertz CT molecular complexity index is 549. The van der Waals surface area contributed by atoms with Gasteiger partial charge in [-0.25, -0.2) is 0 Å². The molecule has 0 bridgehead atoms. The van der Waals surface area contributed by atoms with Gasteiger partial charge in [0.2, 0.25) is 0 Å². The van der Waals surface area contributed by atoms with Crippen molar-refractivity contribution in [2.45, 2.75) is 18.5 Å². The molecule has 2 aliphatic heterocycles. The van der Waals surface area contributed by atoms with E-state index in [0.717, 1.165) is 6.54 Å². The highest BCUT2D eigenvalue weighted by Crippen LogP contribution is 2.47. The Morgan fingerprint density at radius 2 is 2.00 bits per heavy atom. The average molecular weight is 256 g/mol. The van der Waals surface area contributed by atoms with Crippen molar-refractivity contribution in [2.24, 2.45) is 5.92 Å². The molecule has 2 aromatic rings. The minimum atomic E-state index is 0.472. The van der Waals surface area contributed by atoms with E-state index in [2.05, 4.69) is 52.4 Å². The van der Waals surface area contributed by atoms with Crippen molar-refractivity contribution in [1.82, 2.24) is 5.32 Å². The number of benzene rings is 1. The maximum absolute atomic E-state index is 3.74. The standard InChI is InChI=1S/C15H16N2S/c1-2-5-12-10(4-1)14-11(7-8-16-14)15(17-12)13-6-3-9-18-13/h1-6,9,11,14-17H,7-8H2/t11-,14-,15+/m1/s1. The van der Waals surface area contributed by atoms with E-state index in [-0.39, 0.29) is 0 Å². The third-order valence-electron chi connectivity index (χ3n) is 4.15. The zero-order chi connectivity index (χ0) is 11.9. The summed E-state index contributed by atoms with van der Waals surface area (Å²) in [6, 6.07) is 14.1. The predicted molar refractivity (Wildman–Crippen MR) is 76.0 cm³/mol. The monoisotopic (exact) mass is 256 g/mol. The molecule has 0 amide bonds. The zero-order valence-corrected chi connectivity index (χ0v) is 10.9. The second-order valence-corrected chi connectivity index (χ2v) is 6.09. The van der Waals surface area contributed by atoms with Crippen molar-refractivity contribution in [3.63, 3.8) is 0 Å². The first-order chi connectivity index (χ1) is 8.93. The number of rotatable bonds is 1. The number of para-hydroxylation sites is 1. The number of fused-ring (bicyclic) bond motifs is 3. The van der Waals surface area contributed by atoms with Crippen LogP contribution in [-0.4, -0.2) is 6.54 Å². The molecule has 3 atom stereocenters. The van der Waals surface area contributed by atoms with Crippen molar-refractivity contribution < 1.29 is 0 Å². The number of hydrogen-bond acceptors (Lipinski definition) is 3. The van der Waals surface area contributed by atoms with Gasteiger partial charge in [-0.3, -0.25) is 0 Å². The van der Waals surface area contributed by atoms with Gasteiger partial charge in [-0.1, -0.05) is 24.3 Å². The van der Waals surface area contributed by atoms with Gasteiger partial charge in [-0.15, -0.1) is 11.3 Å². The van der Waals surface area contributed by atoms with Crippen molar-refractivity contribution in [1.29, 1.82) is 0 Å². The first kappa shape index (κ1) is 10.6. The zero-order valence-electron chi connectivity index (χ0n) is 10.1. The molecule has 3 heterocycles. The molecule has 3 heteroatoms. The third-order valence-corrected chi connectivity index (χ3v) is 5.11. The predicted octanol–water partition coefficient (Wildman–Crippen LogP) is 3.57. The Morgan fingerprint density at radius 3 is 2.89 bits per heavy atom. The topological polar surface area (TPSA) is 24.1 Å². The summed E-state index contributed by atoms with van der Waals surface area (Å²) >= 11 is 1.86. The average Bonchev–Trinajstić information content (AvgIpc) is 3.09. The fraction of sp³-hybridized carbons (Fsp3) is 0.333. The lowest BCUT2D eigenvalue weighted by atomic mass is 9.83. The van der Waals surface area contributed by atoms with Crippen LogP contribution in [0, 0.1) is 5.92 Å². The van der Waals surface area contributed by atoms with Crippen LogP contribution in [0.5, 0.6) is 0 Å². The van der Waals surface area contributed by atoms with Crippen LogP contribution in [0.15, 0.2) is 41.8 Å². The maximum Gasteiger partial charge on any atom is 0.0653 e. The van der Waals surface area contributed by atoms with Gasteiger partial charge >= 0.3 is 0 Å². The molecular formula is C15H16N2S. The van der Waals surface area contributed by atoms with Gasteiger partial charge in [0.25, 0.3) is 0 Å². The lowest BCUT2D eigenvalue weighted by Gasteiger charge is -2.36. The molecule has 0 radical (unpaired) electrons. The SMILES string of the molecule is c1csc([C@H]2Nc3ccccc3[C@H]3NCC[C@@H]23)c1. The van der Waals surface area contributed by atoms with Crippen molar-refractivity contribution in [2.75, 3.05) is 11.9 Å². The van der Waals surface area contributed by atoms with E-state index in [0.29, 0.717) is 18.0 Å². The van der Waals surface area contributed by atoms with Crippen molar-refractivity contribution >= 4 is 17.0 Å². The Kier molecular flexibility index (Phi) is 2.42. The highest BCUT2D eigenvalue weighted by molar-refractivity contribution is 7.10. The lowest BCUT2D eigenvalue weighted by molar-refractivity contribution is 0.394. The van der Waals surface area contributed by atoms with E-state index < -0.39 is 0 Å². The lowest BCUT2D eigenvalue weighted by Crippen LogP contribution is -2.31. The summed E-state index contributed by atoms with van der Waals surface area (Å²) in [5, 5.41) is 9.59. The van der Waals surface area contributed by atoms with Crippen LogP contribution < -0.4 is 10.6 Å². The molecule has 4 rings (SSSR count). The third kappa shape index (κ3) is 1.51. The fourth-order valence-electron chi connectivity index (χ4n) is 3.35. The van der Waals surface area contributed by atoms with Gasteiger partial charge in [0.05, 0.1) is 6.04 Å². The molecule has 2 nitrogen and oxygen atoms in total. The number of nitrogens with one attached hydrogen (secondary N) is 2. The second-order valence-electron chi connectivity index (χ2n) is 5.11. The molecule has 2 N–H and O–H groups in total. The Balaban J connectivity index is 1.80. The van der Waals surface area contributed by atoms with Gasteiger partial charge in [-0.2, -0.15) is 0 Å². The maximum atomic E-state index is 3.74. The molecule has 1 aromatic carbocycles. The van der Waals surface area contributed by atoms with E-state index in [1.54, 1.807) is 0 Å². The largest absolute Gasteiger partial charge is 0.377 e. The first-order valence-corrected chi connectivity index (χ1v) is 7.44. The number of anilines is 1. The van der Waals surface area contributed by atoms with Crippen LogP contribution >= 0.6 is 11.3 Å². The Hall–Kier alpha value is -1.32. The molecule has 92 valence electrons. The van der Waals surface area contributed by atoms with Crippen molar-refractivity contribution in [3.05, 3.63) is 52.2 Å². The molecule has 0 unspecified atom stereocenters. The second kappa shape index (κ2) is 4.11. The van der Waals surface area contributed by atoms with Gasteiger partial charge in [0.1, 0.15) is 0 Å². The van der Waals surface area contributed by atoms with E-state index in [1.165, 1.54) is 22.5 Å². The molecule has 18 heavy (non-hydrogen) atoms. The minimum Gasteiger partial charge on any atom is -0.377 e. The quantitative estimate of drug-likeness (QED) is 0.815. The summed E-state index contributed by atoms with van der Waals surface area (Å²) < 4.78 is 0. The van der Waals surface area contributed by atoms with E-state index in [9.17, 15) is 0 Å². The van der Waals surface area contributed by atoms with Crippen LogP contribution in [0.4, 0.5) is 5.69 Å². The normalized spacial score (nSPS) is 29.4. The van der Waals surface area contributed by atoms with E-state index >= 15 is 0 Å². The number of thiophene rings is 1. The molecule has 0 spiro atoms. The Morgan fingerprint density at radius 1 is 1.06 bits per heavy atom. The van der Waals surface area contributed by atoms with Gasteiger partial charge < -0.3 is 10.6 Å². The van der Waals surface area contributed by atoms with Crippen LogP contribution in [0.25, 0.3) is 0 Å². The minimum absolute atomic E-state index is 0.472. The summed E-state index contributed by atoms with van der Waals surface area (Å²) in [6.07, 6.45) is 1.26. The summed E-state index contributed by atoms with van der Waals surface area (Å²) in [4.78, 5) is 1.46. The van der Waals surface area contributed by atoms with Crippen molar-refractivity contribution in [3.8, 4) is 0 Å². The summed E-state index contributed by atoms with van der Waals surface area (Å²) in [6.45, 7) is 1.13. The Labute approximate surface area is 111 Å². The number of hydrogen-bond donors (Lipinski definition) is 2. The van der Waals surface area contributed by atoms with Crippen LogP contribution in [-0.2, 0) is 0 Å². The molecule has 1 fully saturated rings. The summed E-state index contributed by atoms with van der Waals surface area (Å²) in [7, 11) is 0. The fourth-order valence-corrected chi connectivity index (χ4v) is 4.20. The molecule has 1 saturated heterocycles. The molecule has 2 aliphatic rings.